The lowest BCUT2D eigenvalue weighted by molar-refractivity contribution is -0.116. The van der Waals surface area contributed by atoms with E-state index in [1.807, 2.05) is 0 Å². The quantitative estimate of drug-likeness (QED) is 0.759. The van der Waals surface area contributed by atoms with Gasteiger partial charge in [-0.15, -0.1) is 0 Å². The van der Waals surface area contributed by atoms with Gasteiger partial charge in [0.15, 0.2) is 0 Å². The predicted octanol–water partition coefficient (Wildman–Crippen LogP) is 1.97. The van der Waals surface area contributed by atoms with Gasteiger partial charge in [-0.1, -0.05) is 6.07 Å². The summed E-state index contributed by atoms with van der Waals surface area (Å²) in [7, 11) is 0. The Kier molecular flexibility index (Phi) is 2.66. The number of phenolic OH excluding ortho intramolecular Hbond substituents is 1. The van der Waals surface area contributed by atoms with Crippen molar-refractivity contribution in [3.8, 4) is 5.75 Å². The van der Waals surface area contributed by atoms with E-state index in [1.165, 1.54) is 19.1 Å². The van der Waals surface area contributed by atoms with Crippen LogP contribution in [-0.2, 0) is 11.2 Å². The summed E-state index contributed by atoms with van der Waals surface area (Å²) in [4.78, 5) is 10.8. The Morgan fingerprint density at radius 1 is 1.54 bits per heavy atom. The van der Waals surface area contributed by atoms with E-state index in [9.17, 15) is 14.3 Å². The van der Waals surface area contributed by atoms with Crippen molar-refractivity contribution in [2.75, 3.05) is 0 Å². The SMILES string of the molecule is CC(=O)Cc1c(F)ccc(C)c1O. The van der Waals surface area contributed by atoms with Crippen LogP contribution in [-0.4, -0.2) is 10.9 Å². The van der Waals surface area contributed by atoms with Crippen LogP contribution in [0.25, 0.3) is 0 Å². The minimum atomic E-state index is -0.529. The second-order valence-electron chi connectivity index (χ2n) is 3.07. The second kappa shape index (κ2) is 3.56. The highest BCUT2D eigenvalue weighted by molar-refractivity contribution is 5.79. The molecule has 0 aromatic heterocycles. The van der Waals surface area contributed by atoms with Crippen LogP contribution in [0.15, 0.2) is 12.1 Å². The number of carbonyl (C=O) groups is 1. The molecule has 0 spiro atoms. The van der Waals surface area contributed by atoms with E-state index in [0.717, 1.165) is 0 Å². The summed E-state index contributed by atoms with van der Waals surface area (Å²) in [6.45, 7) is 3.03. The summed E-state index contributed by atoms with van der Waals surface area (Å²) < 4.78 is 13.1. The van der Waals surface area contributed by atoms with Crippen molar-refractivity contribution in [3.05, 3.63) is 29.1 Å². The van der Waals surface area contributed by atoms with Crippen LogP contribution < -0.4 is 0 Å². The van der Waals surface area contributed by atoms with Gasteiger partial charge in [-0.3, -0.25) is 4.79 Å². The molecule has 0 aliphatic heterocycles. The molecule has 0 aliphatic rings. The van der Waals surface area contributed by atoms with E-state index in [-0.39, 0.29) is 23.5 Å². The highest BCUT2D eigenvalue weighted by Crippen LogP contribution is 2.24. The molecule has 0 bridgehead atoms. The van der Waals surface area contributed by atoms with Crippen molar-refractivity contribution in [1.29, 1.82) is 0 Å². The molecule has 0 unspecified atom stereocenters. The number of hydrogen-bond acceptors (Lipinski definition) is 2. The highest BCUT2D eigenvalue weighted by Gasteiger charge is 2.11. The molecule has 0 saturated heterocycles. The number of carbonyl (C=O) groups excluding carboxylic acids is 1. The molecule has 0 aliphatic carbocycles. The Morgan fingerprint density at radius 3 is 2.69 bits per heavy atom. The van der Waals surface area contributed by atoms with Crippen molar-refractivity contribution in [2.45, 2.75) is 20.3 Å². The number of aryl methyl sites for hydroxylation is 1. The van der Waals surface area contributed by atoms with Crippen LogP contribution >= 0.6 is 0 Å². The fraction of sp³-hybridized carbons (Fsp3) is 0.300. The minimum Gasteiger partial charge on any atom is -0.507 e. The third-order valence-corrected chi connectivity index (χ3v) is 1.85. The van der Waals surface area contributed by atoms with Crippen molar-refractivity contribution in [3.63, 3.8) is 0 Å². The van der Waals surface area contributed by atoms with E-state index >= 15 is 0 Å². The predicted molar refractivity (Wildman–Crippen MR) is 47.2 cm³/mol. The molecule has 0 saturated carbocycles. The topological polar surface area (TPSA) is 37.3 Å². The maximum absolute atomic E-state index is 13.1. The number of ketones is 1. The largest absolute Gasteiger partial charge is 0.507 e. The smallest absolute Gasteiger partial charge is 0.134 e. The molecule has 1 aromatic rings. The lowest BCUT2D eigenvalue weighted by atomic mass is 10.0. The molecule has 0 atom stereocenters. The molecule has 2 nitrogen and oxygen atoms in total. The molecule has 13 heavy (non-hydrogen) atoms. The first kappa shape index (κ1) is 9.71. The van der Waals surface area contributed by atoms with Gasteiger partial charge < -0.3 is 5.11 Å². The Morgan fingerprint density at radius 2 is 2.15 bits per heavy atom. The van der Waals surface area contributed by atoms with Crippen LogP contribution in [0, 0.1) is 12.7 Å². The van der Waals surface area contributed by atoms with Gasteiger partial charge in [0, 0.05) is 12.0 Å². The Hall–Kier alpha value is -1.38. The van der Waals surface area contributed by atoms with Crippen molar-refractivity contribution >= 4 is 5.78 Å². The van der Waals surface area contributed by atoms with Gasteiger partial charge in [-0.2, -0.15) is 0 Å². The van der Waals surface area contributed by atoms with Gasteiger partial charge in [0.2, 0.25) is 0 Å². The Bertz CT molecular complexity index is 345. The fourth-order valence-electron chi connectivity index (χ4n) is 1.15. The van der Waals surface area contributed by atoms with Crippen LogP contribution in [0.2, 0.25) is 0 Å². The molecule has 1 rings (SSSR count). The van der Waals surface area contributed by atoms with Gasteiger partial charge in [-0.05, 0) is 25.5 Å². The third kappa shape index (κ3) is 2.05. The van der Waals surface area contributed by atoms with E-state index in [2.05, 4.69) is 0 Å². The lowest BCUT2D eigenvalue weighted by Crippen LogP contribution is -2.00. The second-order valence-corrected chi connectivity index (χ2v) is 3.07. The van der Waals surface area contributed by atoms with Crippen LogP contribution in [0.5, 0.6) is 5.75 Å². The molecule has 1 N–H and O–H groups in total. The number of hydrogen-bond donors (Lipinski definition) is 1. The molecule has 1 aromatic carbocycles. The highest BCUT2D eigenvalue weighted by atomic mass is 19.1. The van der Waals surface area contributed by atoms with Crippen LogP contribution in [0.4, 0.5) is 4.39 Å². The first-order valence-electron chi connectivity index (χ1n) is 3.98. The number of benzene rings is 1. The zero-order valence-corrected chi connectivity index (χ0v) is 7.60. The van der Waals surface area contributed by atoms with E-state index in [0.29, 0.717) is 5.56 Å². The lowest BCUT2D eigenvalue weighted by Gasteiger charge is -2.06. The summed E-state index contributed by atoms with van der Waals surface area (Å²) in [5, 5.41) is 9.44. The van der Waals surface area contributed by atoms with Gasteiger partial charge in [0.25, 0.3) is 0 Å². The maximum atomic E-state index is 13.1. The van der Waals surface area contributed by atoms with E-state index < -0.39 is 5.82 Å². The number of halogens is 1. The minimum absolute atomic E-state index is 0.0562. The third-order valence-electron chi connectivity index (χ3n) is 1.85. The number of aromatic hydroxyl groups is 1. The van der Waals surface area contributed by atoms with Crippen molar-refractivity contribution < 1.29 is 14.3 Å². The molecule has 0 fully saturated rings. The summed E-state index contributed by atoms with van der Waals surface area (Å²) in [6.07, 6.45) is -0.0562. The maximum Gasteiger partial charge on any atom is 0.134 e. The number of rotatable bonds is 2. The summed E-state index contributed by atoms with van der Waals surface area (Å²) in [6, 6.07) is 2.74. The Balaban J connectivity index is 3.17. The van der Waals surface area contributed by atoms with Crippen molar-refractivity contribution in [2.24, 2.45) is 0 Å². The molecule has 0 radical (unpaired) electrons. The number of phenols is 1. The van der Waals surface area contributed by atoms with Crippen LogP contribution in [0.3, 0.4) is 0 Å². The summed E-state index contributed by atoms with van der Waals surface area (Å²) in [5.74, 6) is -0.812. The van der Waals surface area contributed by atoms with Gasteiger partial charge >= 0.3 is 0 Å². The molecular weight excluding hydrogens is 171 g/mol. The summed E-state index contributed by atoms with van der Waals surface area (Å²) >= 11 is 0. The monoisotopic (exact) mass is 182 g/mol. The number of Topliss-reactive ketones (excluding diaryl/α,β-unsaturated/α-hetero) is 1. The normalized spacial score (nSPS) is 10.1. The van der Waals surface area contributed by atoms with Gasteiger partial charge in [-0.25, -0.2) is 4.39 Å². The molecular formula is C10H11FO2. The molecule has 0 heterocycles. The first-order chi connectivity index (χ1) is 6.02. The average molecular weight is 182 g/mol. The molecule has 70 valence electrons. The fourth-order valence-corrected chi connectivity index (χ4v) is 1.15. The summed E-state index contributed by atoms with van der Waals surface area (Å²) in [5.41, 5.74) is 0.671. The molecule has 0 amide bonds. The standard InChI is InChI=1S/C10H11FO2/c1-6-3-4-9(11)8(10(6)13)5-7(2)12/h3-4,13H,5H2,1-2H3. The Labute approximate surface area is 76.0 Å². The average Bonchev–Trinajstić information content (AvgIpc) is 2.05. The zero-order chi connectivity index (χ0) is 10.0. The van der Waals surface area contributed by atoms with Crippen molar-refractivity contribution in [1.82, 2.24) is 0 Å². The van der Waals surface area contributed by atoms with Gasteiger partial charge in [0.1, 0.15) is 17.3 Å². The molecule has 3 heteroatoms. The van der Waals surface area contributed by atoms with Gasteiger partial charge in [0.05, 0.1) is 0 Å². The first-order valence-corrected chi connectivity index (χ1v) is 3.98. The van der Waals surface area contributed by atoms with E-state index in [4.69, 9.17) is 0 Å². The van der Waals surface area contributed by atoms with Crippen LogP contribution in [0.1, 0.15) is 18.1 Å². The van der Waals surface area contributed by atoms with E-state index in [1.54, 1.807) is 6.92 Å². The zero-order valence-electron chi connectivity index (χ0n) is 7.60.